The van der Waals surface area contributed by atoms with E-state index in [1.807, 2.05) is 6.20 Å². The number of nitrogens with zero attached hydrogens (tertiary/aromatic N) is 3. The fraction of sp³-hybridized carbons (Fsp3) is 0.714. The third kappa shape index (κ3) is 3.56. The van der Waals surface area contributed by atoms with Crippen molar-refractivity contribution in [3.05, 3.63) is 11.8 Å². The highest BCUT2D eigenvalue weighted by atomic mass is 15.3. The number of nitrogen functional groups attached to an aromatic ring is 1. The van der Waals surface area contributed by atoms with Crippen molar-refractivity contribution in [3.8, 4) is 0 Å². The van der Waals surface area contributed by atoms with Crippen molar-refractivity contribution >= 4 is 11.8 Å². The molecule has 1 aromatic rings. The van der Waals surface area contributed by atoms with Crippen LogP contribution < -0.4 is 16.2 Å². The molecule has 0 aromatic carbocycles. The Morgan fingerprint density at radius 2 is 2.26 bits per heavy atom. The number of nitrogens with one attached hydrogen (secondary N) is 1. The largest absolute Gasteiger partial charge is 0.356 e. The summed E-state index contributed by atoms with van der Waals surface area (Å²) in [6, 6.07) is 0. The van der Waals surface area contributed by atoms with Gasteiger partial charge in [-0.3, -0.25) is 5.43 Å². The molecule has 2 rings (SSSR count). The van der Waals surface area contributed by atoms with Crippen LogP contribution >= 0.6 is 0 Å². The van der Waals surface area contributed by atoms with E-state index in [2.05, 4.69) is 34.1 Å². The predicted octanol–water partition coefficient (Wildman–Crippen LogP) is 2.48. The molecule has 1 aliphatic heterocycles. The van der Waals surface area contributed by atoms with Gasteiger partial charge in [-0.1, -0.05) is 19.8 Å². The van der Waals surface area contributed by atoms with Crippen LogP contribution in [0.5, 0.6) is 0 Å². The molecule has 0 radical (unpaired) electrons. The summed E-state index contributed by atoms with van der Waals surface area (Å²) >= 11 is 0. The van der Waals surface area contributed by atoms with Crippen LogP contribution in [0.3, 0.4) is 0 Å². The van der Waals surface area contributed by atoms with Crippen molar-refractivity contribution < 1.29 is 0 Å². The Kier molecular flexibility index (Phi) is 4.96. The second-order valence-electron chi connectivity index (χ2n) is 5.42. The molecule has 2 heterocycles. The quantitative estimate of drug-likeness (QED) is 0.645. The number of rotatable bonds is 4. The van der Waals surface area contributed by atoms with Crippen LogP contribution in [0.1, 0.15) is 44.6 Å². The average molecular weight is 263 g/mol. The topological polar surface area (TPSA) is 67.1 Å². The maximum Gasteiger partial charge on any atom is 0.239 e. The minimum atomic E-state index is 0.495. The Bertz CT molecular complexity index is 407. The first kappa shape index (κ1) is 14.1. The summed E-state index contributed by atoms with van der Waals surface area (Å²) in [6.45, 7) is 6.51. The lowest BCUT2D eigenvalue weighted by molar-refractivity contribution is 0.435. The van der Waals surface area contributed by atoms with Crippen LogP contribution in [0.4, 0.5) is 11.8 Å². The Labute approximate surface area is 115 Å². The minimum absolute atomic E-state index is 0.495. The van der Waals surface area contributed by atoms with E-state index in [1.54, 1.807) is 0 Å². The lowest BCUT2D eigenvalue weighted by atomic mass is 9.96. The van der Waals surface area contributed by atoms with Crippen LogP contribution in [0.15, 0.2) is 6.20 Å². The monoisotopic (exact) mass is 263 g/mol. The van der Waals surface area contributed by atoms with Crippen molar-refractivity contribution in [1.29, 1.82) is 0 Å². The van der Waals surface area contributed by atoms with Gasteiger partial charge in [-0.2, -0.15) is 4.98 Å². The van der Waals surface area contributed by atoms with E-state index >= 15 is 0 Å². The summed E-state index contributed by atoms with van der Waals surface area (Å²) < 4.78 is 0. The molecule has 0 aliphatic carbocycles. The molecule has 106 valence electrons. The maximum absolute atomic E-state index is 5.40. The Hall–Kier alpha value is -1.36. The van der Waals surface area contributed by atoms with Crippen LogP contribution in [0, 0.1) is 12.8 Å². The van der Waals surface area contributed by atoms with Crippen LogP contribution in [0.25, 0.3) is 0 Å². The van der Waals surface area contributed by atoms with E-state index < -0.39 is 0 Å². The Morgan fingerprint density at radius 3 is 3.00 bits per heavy atom. The second kappa shape index (κ2) is 6.70. The van der Waals surface area contributed by atoms with E-state index in [4.69, 9.17) is 5.84 Å². The first-order valence-corrected chi connectivity index (χ1v) is 7.29. The SMILES string of the molecule is CCCC1CCCN(c2nc(NN)ncc2C)CC1. The van der Waals surface area contributed by atoms with Gasteiger partial charge in [0.2, 0.25) is 5.95 Å². The van der Waals surface area contributed by atoms with E-state index in [-0.39, 0.29) is 0 Å². The highest BCUT2D eigenvalue weighted by Gasteiger charge is 2.19. The zero-order chi connectivity index (χ0) is 13.7. The normalized spacial score (nSPS) is 20.2. The second-order valence-corrected chi connectivity index (χ2v) is 5.42. The standard InChI is InChI=1S/C14H25N5/c1-3-5-12-6-4-8-19(9-7-12)13-11(2)10-16-14(17-13)18-15/h10,12H,3-9,15H2,1-2H3,(H,16,17,18). The van der Waals surface area contributed by atoms with Gasteiger partial charge in [-0.25, -0.2) is 10.8 Å². The van der Waals surface area contributed by atoms with Crippen molar-refractivity contribution in [2.24, 2.45) is 11.8 Å². The van der Waals surface area contributed by atoms with Crippen molar-refractivity contribution in [1.82, 2.24) is 9.97 Å². The number of hydrazine groups is 1. The number of aromatic nitrogens is 2. The minimum Gasteiger partial charge on any atom is -0.356 e. The van der Waals surface area contributed by atoms with Crippen LogP contribution in [-0.2, 0) is 0 Å². The van der Waals surface area contributed by atoms with Crippen LogP contribution in [-0.4, -0.2) is 23.1 Å². The molecular formula is C14H25N5. The third-order valence-corrected chi connectivity index (χ3v) is 3.92. The van der Waals surface area contributed by atoms with Gasteiger partial charge >= 0.3 is 0 Å². The van der Waals surface area contributed by atoms with E-state index in [0.29, 0.717) is 5.95 Å². The molecule has 0 spiro atoms. The molecule has 0 saturated carbocycles. The molecule has 3 N–H and O–H groups in total. The number of hydrogen-bond acceptors (Lipinski definition) is 5. The van der Waals surface area contributed by atoms with Gasteiger partial charge in [0.15, 0.2) is 0 Å². The number of nitrogens with two attached hydrogens (primary N) is 1. The first-order valence-electron chi connectivity index (χ1n) is 7.29. The van der Waals surface area contributed by atoms with Gasteiger partial charge in [0.1, 0.15) is 5.82 Å². The third-order valence-electron chi connectivity index (χ3n) is 3.92. The highest BCUT2D eigenvalue weighted by Crippen LogP contribution is 2.26. The lowest BCUT2D eigenvalue weighted by Crippen LogP contribution is -2.27. The van der Waals surface area contributed by atoms with Crippen LogP contribution in [0.2, 0.25) is 0 Å². The fourth-order valence-corrected chi connectivity index (χ4v) is 2.90. The summed E-state index contributed by atoms with van der Waals surface area (Å²) in [4.78, 5) is 11.0. The number of aryl methyl sites for hydroxylation is 1. The number of hydrogen-bond donors (Lipinski definition) is 2. The lowest BCUT2D eigenvalue weighted by Gasteiger charge is -2.23. The molecule has 5 heteroatoms. The molecule has 1 fully saturated rings. The summed E-state index contributed by atoms with van der Waals surface area (Å²) in [5, 5.41) is 0. The van der Waals surface area contributed by atoms with Gasteiger partial charge in [0, 0.05) is 24.8 Å². The summed E-state index contributed by atoms with van der Waals surface area (Å²) in [5.74, 6) is 7.80. The van der Waals surface area contributed by atoms with Gasteiger partial charge in [-0.05, 0) is 32.1 Å². The zero-order valence-electron chi connectivity index (χ0n) is 12.0. The smallest absolute Gasteiger partial charge is 0.239 e. The molecule has 0 amide bonds. The molecule has 1 unspecified atom stereocenters. The first-order chi connectivity index (χ1) is 9.24. The van der Waals surface area contributed by atoms with Gasteiger partial charge < -0.3 is 4.90 Å². The zero-order valence-corrected chi connectivity index (χ0v) is 12.0. The van der Waals surface area contributed by atoms with Crippen molar-refractivity contribution in [2.75, 3.05) is 23.4 Å². The Morgan fingerprint density at radius 1 is 1.42 bits per heavy atom. The fourth-order valence-electron chi connectivity index (χ4n) is 2.90. The summed E-state index contributed by atoms with van der Waals surface area (Å²) in [6.07, 6.45) is 8.34. The summed E-state index contributed by atoms with van der Waals surface area (Å²) in [7, 11) is 0. The van der Waals surface area contributed by atoms with Gasteiger partial charge in [-0.15, -0.1) is 0 Å². The van der Waals surface area contributed by atoms with E-state index in [9.17, 15) is 0 Å². The molecule has 0 bridgehead atoms. The molecule has 1 atom stereocenters. The molecule has 1 aromatic heterocycles. The molecule has 5 nitrogen and oxygen atoms in total. The maximum atomic E-state index is 5.40. The van der Waals surface area contributed by atoms with Gasteiger partial charge in [0.05, 0.1) is 0 Å². The van der Waals surface area contributed by atoms with Crippen molar-refractivity contribution in [3.63, 3.8) is 0 Å². The van der Waals surface area contributed by atoms with Crippen molar-refractivity contribution in [2.45, 2.75) is 46.0 Å². The Balaban J connectivity index is 2.09. The molecule has 19 heavy (non-hydrogen) atoms. The predicted molar refractivity (Wildman–Crippen MR) is 79.0 cm³/mol. The molecule has 1 saturated heterocycles. The van der Waals surface area contributed by atoms with E-state index in [0.717, 1.165) is 30.4 Å². The average Bonchev–Trinajstić information content (AvgIpc) is 2.65. The number of anilines is 2. The van der Waals surface area contributed by atoms with E-state index in [1.165, 1.54) is 32.1 Å². The molecule has 1 aliphatic rings. The summed E-state index contributed by atoms with van der Waals surface area (Å²) in [5.41, 5.74) is 3.65. The highest BCUT2D eigenvalue weighted by molar-refractivity contribution is 5.48. The molecular weight excluding hydrogens is 238 g/mol. The van der Waals surface area contributed by atoms with Gasteiger partial charge in [0.25, 0.3) is 0 Å².